The summed E-state index contributed by atoms with van der Waals surface area (Å²) in [6.07, 6.45) is 0. The molecule has 1 aromatic heterocycles. The van der Waals surface area contributed by atoms with Crippen LogP contribution in [0.25, 0.3) is 10.9 Å². The minimum atomic E-state index is -2.92. The second-order valence-electron chi connectivity index (χ2n) is 3.09. The van der Waals surface area contributed by atoms with Gasteiger partial charge in [0.05, 0.1) is 5.39 Å². The van der Waals surface area contributed by atoms with Gasteiger partial charge in [0.15, 0.2) is 5.82 Å². The zero-order chi connectivity index (χ0) is 11.0. The Bertz CT molecular complexity index is 495. The molecule has 4 nitrogen and oxygen atoms in total. The summed E-state index contributed by atoms with van der Waals surface area (Å²) < 4.78 is 24.1. The van der Waals surface area contributed by atoms with Gasteiger partial charge in [-0.3, -0.25) is 0 Å². The molecule has 0 saturated heterocycles. The Balaban J connectivity index is 2.63. The Kier molecular flexibility index (Phi) is 2.18. The van der Waals surface area contributed by atoms with E-state index in [9.17, 15) is 8.78 Å². The van der Waals surface area contributed by atoms with E-state index in [2.05, 4.69) is 9.94 Å². The van der Waals surface area contributed by atoms with Crippen LogP contribution in [0, 0.1) is 6.92 Å². The molecule has 2 rings (SSSR count). The molecule has 0 aliphatic heterocycles. The van der Waals surface area contributed by atoms with E-state index in [1.54, 1.807) is 12.1 Å². The summed E-state index contributed by atoms with van der Waals surface area (Å²) in [4.78, 5) is 4.95. The Morgan fingerprint density at radius 2 is 2.20 bits per heavy atom. The Morgan fingerprint density at radius 1 is 1.47 bits per heavy atom. The molecule has 80 valence electrons. The first-order chi connectivity index (χ1) is 7.09. The molecule has 0 saturated carbocycles. The van der Waals surface area contributed by atoms with Crippen molar-refractivity contribution in [2.45, 2.75) is 13.5 Å². The normalized spacial score (nSPS) is 11.2. The average Bonchev–Trinajstić information content (AvgIpc) is 2.44. The molecule has 2 aromatic rings. The molecule has 0 fully saturated rings. The van der Waals surface area contributed by atoms with Crippen LogP contribution in [0.1, 0.15) is 5.56 Å². The molecule has 1 heterocycles. The number of hydrogen-bond acceptors (Lipinski definition) is 3. The number of aryl methyl sites for hydroxylation is 1. The van der Waals surface area contributed by atoms with Crippen molar-refractivity contribution in [1.82, 2.24) is 9.94 Å². The van der Waals surface area contributed by atoms with Gasteiger partial charge in [0.25, 0.3) is 0 Å². The van der Waals surface area contributed by atoms with Crippen molar-refractivity contribution in [1.29, 1.82) is 0 Å². The summed E-state index contributed by atoms with van der Waals surface area (Å²) in [6, 6.07) is 5.17. The highest BCUT2D eigenvalue weighted by Crippen LogP contribution is 2.23. The Labute approximate surface area is 84.2 Å². The molecule has 0 bridgehead atoms. The van der Waals surface area contributed by atoms with Gasteiger partial charge in [0.2, 0.25) is 0 Å². The number of rotatable bonds is 2. The van der Waals surface area contributed by atoms with E-state index in [0.717, 1.165) is 10.4 Å². The third kappa shape index (κ3) is 1.58. The summed E-state index contributed by atoms with van der Waals surface area (Å²) in [5.41, 5.74) is 6.90. The van der Waals surface area contributed by atoms with Crippen molar-refractivity contribution in [2.75, 3.05) is 5.73 Å². The van der Waals surface area contributed by atoms with E-state index in [4.69, 9.17) is 5.73 Å². The topological polar surface area (TPSA) is 53.1 Å². The summed E-state index contributed by atoms with van der Waals surface area (Å²) in [5, 5.41) is 4.32. The fraction of sp³-hybridized carbons (Fsp3) is 0.222. The lowest BCUT2D eigenvalue weighted by molar-refractivity contribution is -0.138. The number of nitrogens with zero attached hydrogens (tertiary/aromatic N) is 2. The van der Waals surface area contributed by atoms with E-state index in [0.29, 0.717) is 10.9 Å². The van der Waals surface area contributed by atoms with Crippen LogP contribution in [0.5, 0.6) is 0 Å². The first kappa shape index (κ1) is 9.70. The monoisotopic (exact) mass is 213 g/mol. The standard InChI is InChI=1S/C9H9F2N3O/c1-5-3-2-4-6-7(5)8(12)13-14(6)15-9(10)11/h2-4,9H,1H3,(H2,12,13). The third-order valence-electron chi connectivity index (χ3n) is 2.09. The molecule has 0 amide bonds. The van der Waals surface area contributed by atoms with E-state index in [1.165, 1.54) is 0 Å². The zero-order valence-corrected chi connectivity index (χ0v) is 7.95. The minimum Gasteiger partial charge on any atom is -0.382 e. The van der Waals surface area contributed by atoms with Crippen molar-refractivity contribution >= 4 is 16.7 Å². The van der Waals surface area contributed by atoms with E-state index < -0.39 is 6.61 Å². The molecule has 0 unspecified atom stereocenters. The molecule has 6 heteroatoms. The van der Waals surface area contributed by atoms with Gasteiger partial charge >= 0.3 is 6.61 Å². The smallest absolute Gasteiger partial charge is 0.382 e. The molecule has 0 atom stereocenters. The van der Waals surface area contributed by atoms with Crippen LogP contribution in [0.4, 0.5) is 14.6 Å². The van der Waals surface area contributed by atoms with Gasteiger partial charge in [-0.15, -0.1) is 5.10 Å². The second-order valence-corrected chi connectivity index (χ2v) is 3.09. The minimum absolute atomic E-state index is 0.184. The number of nitrogens with two attached hydrogens (primary N) is 1. The highest BCUT2D eigenvalue weighted by atomic mass is 19.3. The Hall–Kier alpha value is -1.85. The summed E-state index contributed by atoms with van der Waals surface area (Å²) in [7, 11) is 0. The van der Waals surface area contributed by atoms with Gasteiger partial charge in [0.1, 0.15) is 5.52 Å². The van der Waals surface area contributed by atoms with E-state index >= 15 is 0 Å². The molecule has 0 spiro atoms. The van der Waals surface area contributed by atoms with E-state index in [-0.39, 0.29) is 5.82 Å². The largest absolute Gasteiger partial charge is 0.407 e. The fourth-order valence-corrected chi connectivity index (χ4v) is 1.50. The van der Waals surface area contributed by atoms with Gasteiger partial charge < -0.3 is 10.6 Å². The first-order valence-corrected chi connectivity index (χ1v) is 4.28. The van der Waals surface area contributed by atoms with Crippen molar-refractivity contribution in [2.24, 2.45) is 0 Å². The van der Waals surface area contributed by atoms with Crippen LogP contribution < -0.4 is 10.6 Å². The SMILES string of the molecule is Cc1cccc2c1c(N)nn2OC(F)F. The molecule has 0 radical (unpaired) electrons. The molecule has 1 aromatic carbocycles. The number of benzene rings is 1. The number of hydrogen-bond donors (Lipinski definition) is 1. The molecule has 2 N–H and O–H groups in total. The zero-order valence-electron chi connectivity index (χ0n) is 7.95. The lowest BCUT2D eigenvalue weighted by Gasteiger charge is -2.03. The fourth-order valence-electron chi connectivity index (χ4n) is 1.50. The van der Waals surface area contributed by atoms with Crippen molar-refractivity contribution in [3.05, 3.63) is 23.8 Å². The number of alkyl halides is 2. The van der Waals surface area contributed by atoms with Crippen molar-refractivity contribution < 1.29 is 13.6 Å². The van der Waals surface area contributed by atoms with Gasteiger partial charge in [-0.05, 0) is 18.6 Å². The predicted molar refractivity (Wildman–Crippen MR) is 51.5 cm³/mol. The predicted octanol–water partition coefficient (Wildman–Crippen LogP) is 1.58. The summed E-state index contributed by atoms with van der Waals surface area (Å²) in [5.74, 6) is 0.184. The Morgan fingerprint density at radius 3 is 2.87 bits per heavy atom. The second kappa shape index (κ2) is 3.38. The number of fused-ring (bicyclic) bond motifs is 1. The number of anilines is 1. The van der Waals surface area contributed by atoms with Crippen LogP contribution in [0.3, 0.4) is 0 Å². The van der Waals surface area contributed by atoms with Crippen LogP contribution >= 0.6 is 0 Å². The number of aromatic nitrogens is 2. The lowest BCUT2D eigenvalue weighted by atomic mass is 10.1. The summed E-state index contributed by atoms with van der Waals surface area (Å²) in [6.45, 7) is -1.10. The highest BCUT2D eigenvalue weighted by Gasteiger charge is 2.13. The van der Waals surface area contributed by atoms with Crippen LogP contribution in [0.2, 0.25) is 0 Å². The maximum Gasteiger partial charge on any atom is 0.407 e. The molecule has 15 heavy (non-hydrogen) atoms. The van der Waals surface area contributed by atoms with E-state index in [1.807, 2.05) is 13.0 Å². The first-order valence-electron chi connectivity index (χ1n) is 4.28. The third-order valence-corrected chi connectivity index (χ3v) is 2.09. The van der Waals surface area contributed by atoms with Gasteiger partial charge in [-0.1, -0.05) is 17.0 Å². The summed E-state index contributed by atoms with van der Waals surface area (Å²) >= 11 is 0. The molecular weight excluding hydrogens is 204 g/mol. The molecular formula is C9H9F2N3O. The average molecular weight is 213 g/mol. The maximum atomic E-state index is 12.0. The van der Waals surface area contributed by atoms with Crippen LogP contribution in [0.15, 0.2) is 18.2 Å². The van der Waals surface area contributed by atoms with Gasteiger partial charge in [-0.25, -0.2) is 0 Å². The highest BCUT2D eigenvalue weighted by molar-refractivity contribution is 5.91. The maximum absolute atomic E-state index is 12.0. The quantitative estimate of drug-likeness (QED) is 0.823. The molecule has 0 aliphatic carbocycles. The van der Waals surface area contributed by atoms with Crippen molar-refractivity contribution in [3.63, 3.8) is 0 Å². The molecule has 0 aliphatic rings. The van der Waals surface area contributed by atoms with Crippen LogP contribution in [-0.2, 0) is 0 Å². The van der Waals surface area contributed by atoms with Crippen molar-refractivity contribution in [3.8, 4) is 0 Å². The van der Waals surface area contributed by atoms with Crippen LogP contribution in [-0.4, -0.2) is 16.6 Å². The van der Waals surface area contributed by atoms with Gasteiger partial charge in [0, 0.05) is 0 Å². The number of nitrogen functional groups attached to an aromatic ring is 1. The lowest BCUT2D eigenvalue weighted by Crippen LogP contribution is -2.18. The van der Waals surface area contributed by atoms with Gasteiger partial charge in [-0.2, -0.15) is 8.78 Å². The number of halogens is 2.